The Hall–Kier alpha value is -1.47. The maximum absolute atomic E-state index is 12.5. The lowest BCUT2D eigenvalue weighted by Gasteiger charge is -2.26. The van der Waals surface area contributed by atoms with Gasteiger partial charge >= 0.3 is 5.97 Å². The van der Waals surface area contributed by atoms with Gasteiger partial charge in [0, 0.05) is 25.2 Å². The summed E-state index contributed by atoms with van der Waals surface area (Å²) >= 11 is 1.48. The standard InChI is InChI=1S/C17H22N2O4S/c20-15(14-8-18-16(24-14)9-1-3-23-4-2-9)19-13-7-10-5-11(13)6-12(10)17(21)22/h8-13H,1-7H2,(H,19,20)(H,21,22)/t10-,11-,12-,13-/m1/s1. The molecule has 24 heavy (non-hydrogen) atoms. The number of nitrogens with zero attached hydrogens (tertiary/aromatic N) is 1. The first-order valence-corrected chi connectivity index (χ1v) is 9.50. The average molecular weight is 350 g/mol. The van der Waals surface area contributed by atoms with Gasteiger partial charge in [0.2, 0.25) is 0 Å². The summed E-state index contributed by atoms with van der Waals surface area (Å²) < 4.78 is 5.37. The predicted molar refractivity (Wildman–Crippen MR) is 88.1 cm³/mol. The molecule has 6 nitrogen and oxygen atoms in total. The van der Waals surface area contributed by atoms with Crippen molar-refractivity contribution in [3.8, 4) is 0 Å². The molecule has 0 unspecified atom stereocenters. The van der Waals surface area contributed by atoms with Crippen LogP contribution < -0.4 is 5.32 Å². The molecule has 1 amide bonds. The predicted octanol–water partition coefficient (Wildman–Crippen LogP) is 2.27. The van der Waals surface area contributed by atoms with E-state index in [0.717, 1.165) is 43.9 Å². The molecule has 2 heterocycles. The minimum atomic E-state index is -0.684. The summed E-state index contributed by atoms with van der Waals surface area (Å²) in [7, 11) is 0. The number of carbonyl (C=O) groups excluding carboxylic acids is 1. The number of carboxylic acids is 1. The van der Waals surface area contributed by atoms with Crippen molar-refractivity contribution in [1.29, 1.82) is 0 Å². The molecule has 2 saturated carbocycles. The molecule has 4 atom stereocenters. The molecular formula is C17H22N2O4S. The third-order valence-corrected chi connectivity index (χ3v) is 6.97. The molecule has 3 fully saturated rings. The summed E-state index contributed by atoms with van der Waals surface area (Å²) in [5.74, 6) is -0.0261. The van der Waals surface area contributed by atoms with Gasteiger partial charge in [0.25, 0.3) is 5.91 Å². The van der Waals surface area contributed by atoms with Gasteiger partial charge in [-0.2, -0.15) is 0 Å². The zero-order valence-electron chi connectivity index (χ0n) is 13.4. The molecule has 0 spiro atoms. The molecule has 4 rings (SSSR count). The van der Waals surface area contributed by atoms with Crippen molar-refractivity contribution in [2.24, 2.45) is 17.8 Å². The number of aliphatic carboxylic acids is 1. The van der Waals surface area contributed by atoms with Crippen LogP contribution in [-0.4, -0.2) is 41.2 Å². The van der Waals surface area contributed by atoms with Gasteiger partial charge in [-0.25, -0.2) is 4.98 Å². The molecule has 1 aromatic rings. The summed E-state index contributed by atoms with van der Waals surface area (Å²) in [5.41, 5.74) is 0. The van der Waals surface area contributed by atoms with Crippen LogP contribution in [0.15, 0.2) is 6.20 Å². The van der Waals surface area contributed by atoms with E-state index < -0.39 is 5.97 Å². The van der Waals surface area contributed by atoms with Crippen molar-refractivity contribution in [2.45, 2.75) is 44.1 Å². The number of thiazole rings is 1. The van der Waals surface area contributed by atoms with Crippen LogP contribution in [0.2, 0.25) is 0 Å². The Morgan fingerprint density at radius 2 is 2.00 bits per heavy atom. The van der Waals surface area contributed by atoms with Gasteiger partial charge in [-0.05, 0) is 43.9 Å². The van der Waals surface area contributed by atoms with Gasteiger partial charge in [-0.15, -0.1) is 11.3 Å². The van der Waals surface area contributed by atoms with Gasteiger partial charge in [-0.1, -0.05) is 0 Å². The molecule has 1 aromatic heterocycles. The first kappa shape index (κ1) is 16.0. The summed E-state index contributed by atoms with van der Waals surface area (Å²) in [6.07, 6.45) is 6.03. The minimum absolute atomic E-state index is 0.0600. The number of amides is 1. The fraction of sp³-hybridized carbons (Fsp3) is 0.706. The highest BCUT2D eigenvalue weighted by Gasteiger charge is 2.49. The van der Waals surface area contributed by atoms with E-state index in [4.69, 9.17) is 4.74 Å². The van der Waals surface area contributed by atoms with E-state index >= 15 is 0 Å². The van der Waals surface area contributed by atoms with Gasteiger partial charge < -0.3 is 15.2 Å². The second-order valence-electron chi connectivity index (χ2n) is 7.20. The Kier molecular flexibility index (Phi) is 4.30. The summed E-state index contributed by atoms with van der Waals surface area (Å²) in [5, 5.41) is 13.4. The number of aromatic nitrogens is 1. The monoisotopic (exact) mass is 350 g/mol. The molecule has 2 N–H and O–H groups in total. The molecule has 1 saturated heterocycles. The largest absolute Gasteiger partial charge is 0.481 e. The second kappa shape index (κ2) is 6.44. The van der Waals surface area contributed by atoms with E-state index in [1.165, 1.54) is 11.3 Å². The number of rotatable bonds is 4. The van der Waals surface area contributed by atoms with Crippen LogP contribution >= 0.6 is 11.3 Å². The van der Waals surface area contributed by atoms with E-state index in [0.29, 0.717) is 23.1 Å². The number of carbonyl (C=O) groups is 2. The van der Waals surface area contributed by atoms with Crippen LogP contribution in [0.5, 0.6) is 0 Å². The highest BCUT2D eigenvalue weighted by molar-refractivity contribution is 7.13. The maximum atomic E-state index is 12.5. The third kappa shape index (κ3) is 2.95. The number of fused-ring (bicyclic) bond motifs is 2. The Labute approximate surface area is 144 Å². The summed E-state index contributed by atoms with van der Waals surface area (Å²) in [6, 6.07) is 0.117. The normalized spacial score (nSPS) is 32.8. The van der Waals surface area contributed by atoms with E-state index in [-0.39, 0.29) is 23.8 Å². The topological polar surface area (TPSA) is 88.5 Å². The average Bonchev–Trinajstić information content (AvgIpc) is 3.30. The third-order valence-electron chi connectivity index (χ3n) is 5.81. The Morgan fingerprint density at radius 1 is 1.21 bits per heavy atom. The van der Waals surface area contributed by atoms with Crippen molar-refractivity contribution < 1.29 is 19.4 Å². The number of hydrogen-bond donors (Lipinski definition) is 2. The molecule has 3 aliphatic rings. The first-order chi connectivity index (χ1) is 11.6. The molecule has 1 aliphatic heterocycles. The number of nitrogens with one attached hydrogen (secondary N) is 1. The molecule has 2 aliphatic carbocycles. The summed E-state index contributed by atoms with van der Waals surface area (Å²) in [4.78, 5) is 28.8. The van der Waals surface area contributed by atoms with Crippen molar-refractivity contribution in [1.82, 2.24) is 10.3 Å². The first-order valence-electron chi connectivity index (χ1n) is 8.69. The number of carboxylic acid groups (broad SMARTS) is 1. The smallest absolute Gasteiger partial charge is 0.306 e. The van der Waals surface area contributed by atoms with Gasteiger partial charge in [0.05, 0.1) is 17.1 Å². The van der Waals surface area contributed by atoms with E-state index in [9.17, 15) is 14.7 Å². The number of ether oxygens (including phenoxy) is 1. The molecule has 130 valence electrons. The SMILES string of the molecule is O=C(N[C@@H]1C[C@H]2C[C@@H]1C[C@H]2C(=O)O)c1cnc(C2CCOCC2)s1. The van der Waals surface area contributed by atoms with Crippen LogP contribution in [0, 0.1) is 17.8 Å². The Morgan fingerprint density at radius 3 is 2.67 bits per heavy atom. The fourth-order valence-electron chi connectivity index (χ4n) is 4.52. The Bertz CT molecular complexity index is 640. The molecule has 2 bridgehead atoms. The van der Waals surface area contributed by atoms with E-state index in [1.807, 2.05) is 0 Å². The second-order valence-corrected chi connectivity index (χ2v) is 8.26. The van der Waals surface area contributed by atoms with Crippen molar-refractivity contribution in [3.05, 3.63) is 16.1 Å². The molecule has 0 radical (unpaired) electrons. The zero-order valence-corrected chi connectivity index (χ0v) is 14.3. The Balaban J connectivity index is 1.36. The highest BCUT2D eigenvalue weighted by atomic mass is 32.1. The fourth-order valence-corrected chi connectivity index (χ4v) is 5.51. The van der Waals surface area contributed by atoms with Crippen molar-refractivity contribution >= 4 is 23.2 Å². The maximum Gasteiger partial charge on any atom is 0.306 e. The quantitative estimate of drug-likeness (QED) is 0.869. The van der Waals surface area contributed by atoms with Crippen LogP contribution in [0.3, 0.4) is 0 Å². The van der Waals surface area contributed by atoms with E-state index in [1.54, 1.807) is 6.20 Å². The van der Waals surface area contributed by atoms with Crippen LogP contribution in [0.4, 0.5) is 0 Å². The van der Waals surface area contributed by atoms with Crippen molar-refractivity contribution in [3.63, 3.8) is 0 Å². The van der Waals surface area contributed by atoms with E-state index in [2.05, 4.69) is 10.3 Å². The van der Waals surface area contributed by atoms with Crippen molar-refractivity contribution in [2.75, 3.05) is 13.2 Å². The van der Waals surface area contributed by atoms with Gasteiger partial charge in [0.15, 0.2) is 0 Å². The van der Waals surface area contributed by atoms with Gasteiger partial charge in [0.1, 0.15) is 4.88 Å². The summed E-state index contributed by atoms with van der Waals surface area (Å²) in [6.45, 7) is 1.53. The lowest BCUT2D eigenvalue weighted by molar-refractivity contribution is -0.143. The minimum Gasteiger partial charge on any atom is -0.481 e. The lowest BCUT2D eigenvalue weighted by Crippen LogP contribution is -2.40. The molecule has 0 aromatic carbocycles. The van der Waals surface area contributed by atoms with Crippen LogP contribution in [0.25, 0.3) is 0 Å². The molecule has 7 heteroatoms. The van der Waals surface area contributed by atoms with Gasteiger partial charge in [-0.3, -0.25) is 9.59 Å². The molecular weight excluding hydrogens is 328 g/mol. The van der Waals surface area contributed by atoms with Crippen LogP contribution in [0.1, 0.15) is 52.7 Å². The zero-order chi connectivity index (χ0) is 16.7. The lowest BCUT2D eigenvalue weighted by atomic mass is 9.86. The highest BCUT2D eigenvalue weighted by Crippen LogP contribution is 2.48. The van der Waals surface area contributed by atoms with Crippen LogP contribution in [-0.2, 0) is 9.53 Å². The number of hydrogen-bond acceptors (Lipinski definition) is 5.